The molecule has 0 saturated carbocycles. The second-order valence-electron chi connectivity index (χ2n) is 7.00. The van der Waals surface area contributed by atoms with Gasteiger partial charge in [-0.1, -0.05) is 18.6 Å². The number of para-hydroxylation sites is 1. The van der Waals surface area contributed by atoms with Crippen LogP contribution in [0.25, 0.3) is 10.2 Å². The van der Waals surface area contributed by atoms with Crippen LogP contribution in [0, 0.1) is 0 Å². The summed E-state index contributed by atoms with van der Waals surface area (Å²) in [6.45, 7) is 5.00. The van der Waals surface area contributed by atoms with Gasteiger partial charge in [0.15, 0.2) is 0 Å². The van der Waals surface area contributed by atoms with Gasteiger partial charge in [0.1, 0.15) is 5.01 Å². The molecule has 7 heteroatoms. The van der Waals surface area contributed by atoms with Crippen molar-refractivity contribution in [3.8, 4) is 0 Å². The summed E-state index contributed by atoms with van der Waals surface area (Å²) in [4.78, 5) is 31.0. The predicted molar refractivity (Wildman–Crippen MR) is 104 cm³/mol. The fraction of sp³-hybridized carbons (Fsp3) is 0.526. The molecule has 0 bridgehead atoms. The summed E-state index contributed by atoms with van der Waals surface area (Å²) in [6.07, 6.45) is 3.25. The van der Waals surface area contributed by atoms with Gasteiger partial charge in [-0.25, -0.2) is 4.98 Å². The molecule has 1 saturated heterocycles. The maximum absolute atomic E-state index is 12.3. The average Bonchev–Trinajstić information content (AvgIpc) is 3.04. The Bertz CT molecular complexity index is 741. The van der Waals surface area contributed by atoms with Crippen molar-refractivity contribution in [2.75, 3.05) is 19.6 Å². The Morgan fingerprint density at radius 2 is 2.08 bits per heavy atom. The van der Waals surface area contributed by atoms with Gasteiger partial charge in [0.2, 0.25) is 11.8 Å². The van der Waals surface area contributed by atoms with E-state index in [1.165, 1.54) is 4.70 Å². The minimum absolute atomic E-state index is 0.0245. The second-order valence-corrected chi connectivity index (χ2v) is 8.06. The highest BCUT2D eigenvalue weighted by Crippen LogP contribution is 2.35. The Kier molecular flexibility index (Phi) is 6.21. The lowest BCUT2D eigenvalue weighted by Gasteiger charge is -2.33. The largest absolute Gasteiger partial charge is 0.352 e. The average molecular weight is 375 g/mol. The minimum atomic E-state index is -0.158. The fourth-order valence-corrected chi connectivity index (χ4v) is 4.42. The van der Waals surface area contributed by atoms with Crippen LogP contribution in [-0.2, 0) is 9.59 Å². The molecule has 1 aromatic heterocycles. The first-order valence-corrected chi connectivity index (χ1v) is 10.00. The number of nitrogens with zero attached hydrogens (tertiary/aromatic N) is 2. The Morgan fingerprint density at radius 1 is 1.27 bits per heavy atom. The van der Waals surface area contributed by atoms with Gasteiger partial charge in [-0.05, 0) is 45.4 Å². The summed E-state index contributed by atoms with van der Waals surface area (Å²) in [5, 5.41) is 6.58. The van der Waals surface area contributed by atoms with Crippen molar-refractivity contribution in [3.05, 3.63) is 29.3 Å². The van der Waals surface area contributed by atoms with Gasteiger partial charge in [-0.2, -0.15) is 0 Å². The molecule has 0 unspecified atom stereocenters. The number of carbonyl (C=O) groups is 2. The number of hydrogen-bond donors (Lipinski definition) is 2. The number of fused-ring (bicyclic) bond motifs is 1. The molecule has 2 heterocycles. The van der Waals surface area contributed by atoms with Gasteiger partial charge in [-0.15, -0.1) is 11.3 Å². The van der Waals surface area contributed by atoms with Gasteiger partial charge in [0.05, 0.1) is 29.3 Å². The highest BCUT2D eigenvalue weighted by molar-refractivity contribution is 7.18. The predicted octanol–water partition coefficient (Wildman–Crippen LogP) is 2.46. The van der Waals surface area contributed by atoms with Gasteiger partial charge >= 0.3 is 0 Å². The zero-order chi connectivity index (χ0) is 18.5. The topological polar surface area (TPSA) is 74.3 Å². The van der Waals surface area contributed by atoms with Crippen LogP contribution in [0.3, 0.4) is 0 Å². The number of hydrogen-bond acceptors (Lipinski definition) is 5. The lowest BCUT2D eigenvalue weighted by Crippen LogP contribution is -2.45. The molecule has 0 radical (unpaired) electrons. The lowest BCUT2D eigenvalue weighted by atomic mass is 10.0. The van der Waals surface area contributed by atoms with Crippen LogP contribution in [-0.4, -0.2) is 47.4 Å². The molecule has 2 N–H and O–H groups in total. The Hall–Kier alpha value is -1.99. The first-order chi connectivity index (χ1) is 12.5. The van der Waals surface area contributed by atoms with E-state index in [0.29, 0.717) is 6.54 Å². The zero-order valence-corrected chi connectivity index (χ0v) is 16.1. The van der Waals surface area contributed by atoms with Gasteiger partial charge in [0.25, 0.3) is 0 Å². The molecular formula is C19H26N4O2S. The summed E-state index contributed by atoms with van der Waals surface area (Å²) in [7, 11) is 0. The molecule has 140 valence electrons. The van der Waals surface area contributed by atoms with Crippen LogP contribution in [0.1, 0.15) is 44.2 Å². The summed E-state index contributed by atoms with van der Waals surface area (Å²) < 4.78 is 1.18. The Morgan fingerprint density at radius 3 is 2.85 bits per heavy atom. The van der Waals surface area contributed by atoms with E-state index in [2.05, 4.69) is 21.6 Å². The zero-order valence-electron chi connectivity index (χ0n) is 15.3. The molecule has 3 rings (SSSR count). The molecule has 2 aromatic rings. The molecule has 2 amide bonds. The number of aromatic nitrogens is 1. The molecule has 1 fully saturated rings. The van der Waals surface area contributed by atoms with Crippen molar-refractivity contribution >= 4 is 33.4 Å². The van der Waals surface area contributed by atoms with E-state index in [4.69, 9.17) is 4.98 Å². The van der Waals surface area contributed by atoms with E-state index in [1.54, 1.807) is 11.3 Å². The first-order valence-electron chi connectivity index (χ1n) is 9.18. The molecule has 1 atom stereocenters. The van der Waals surface area contributed by atoms with Crippen molar-refractivity contribution in [1.29, 1.82) is 0 Å². The number of thiazole rings is 1. The maximum Gasteiger partial charge on any atom is 0.239 e. The standard InChI is InChI=1S/C19H26N4O2S/c1-13(2)21-17(24)11-20-18(25)12-23-10-6-5-8-15(23)19-22-14-7-3-4-9-16(14)26-19/h3-4,7,9,13,15H,5-6,8,10-12H2,1-2H3,(H,20,25)(H,21,24)/t15-/m1/s1. The normalized spacial score (nSPS) is 18.2. The first kappa shape index (κ1) is 18.8. The molecule has 1 aliphatic rings. The van der Waals surface area contributed by atoms with Crippen molar-refractivity contribution in [2.24, 2.45) is 0 Å². The van der Waals surface area contributed by atoms with E-state index >= 15 is 0 Å². The summed E-state index contributed by atoms with van der Waals surface area (Å²) in [5.41, 5.74) is 1.02. The number of amides is 2. The third-order valence-electron chi connectivity index (χ3n) is 4.45. The summed E-state index contributed by atoms with van der Waals surface area (Å²) in [6, 6.07) is 8.40. The van der Waals surface area contributed by atoms with E-state index in [-0.39, 0.29) is 30.4 Å². The monoisotopic (exact) mass is 374 g/mol. The van der Waals surface area contributed by atoms with Gasteiger partial charge in [-0.3, -0.25) is 14.5 Å². The van der Waals surface area contributed by atoms with Crippen LogP contribution in [0.2, 0.25) is 0 Å². The van der Waals surface area contributed by atoms with Gasteiger partial charge < -0.3 is 10.6 Å². The number of carbonyl (C=O) groups excluding carboxylic acids is 2. The number of nitrogens with one attached hydrogen (secondary N) is 2. The van der Waals surface area contributed by atoms with Crippen molar-refractivity contribution < 1.29 is 9.59 Å². The molecule has 1 aromatic carbocycles. The number of likely N-dealkylation sites (tertiary alicyclic amines) is 1. The molecular weight excluding hydrogens is 348 g/mol. The van der Waals surface area contributed by atoms with E-state index in [1.807, 2.05) is 32.0 Å². The van der Waals surface area contributed by atoms with Crippen molar-refractivity contribution in [1.82, 2.24) is 20.5 Å². The molecule has 1 aliphatic heterocycles. The maximum atomic E-state index is 12.3. The van der Waals surface area contributed by atoms with Crippen LogP contribution < -0.4 is 10.6 Å². The SMILES string of the molecule is CC(C)NC(=O)CNC(=O)CN1CCCC[C@@H]1c1nc2ccccc2s1. The minimum Gasteiger partial charge on any atom is -0.352 e. The van der Waals surface area contributed by atoms with E-state index < -0.39 is 0 Å². The van der Waals surface area contributed by atoms with E-state index in [9.17, 15) is 9.59 Å². The number of piperidine rings is 1. The van der Waals surface area contributed by atoms with Crippen LogP contribution >= 0.6 is 11.3 Å². The van der Waals surface area contributed by atoms with E-state index in [0.717, 1.165) is 36.3 Å². The quantitative estimate of drug-likeness (QED) is 0.815. The van der Waals surface area contributed by atoms with Crippen LogP contribution in [0.4, 0.5) is 0 Å². The smallest absolute Gasteiger partial charge is 0.239 e. The van der Waals surface area contributed by atoms with Crippen LogP contribution in [0.15, 0.2) is 24.3 Å². The van der Waals surface area contributed by atoms with Crippen molar-refractivity contribution in [3.63, 3.8) is 0 Å². The summed E-state index contributed by atoms with van der Waals surface area (Å²) >= 11 is 1.71. The molecule has 0 aliphatic carbocycles. The van der Waals surface area contributed by atoms with Crippen LogP contribution in [0.5, 0.6) is 0 Å². The fourth-order valence-electron chi connectivity index (χ4n) is 3.28. The summed E-state index contributed by atoms with van der Waals surface area (Å²) in [5.74, 6) is -0.272. The molecule has 0 spiro atoms. The molecule has 6 nitrogen and oxygen atoms in total. The third kappa shape index (κ3) is 4.80. The number of rotatable bonds is 6. The molecule has 26 heavy (non-hydrogen) atoms. The Labute approximate surface area is 158 Å². The number of benzene rings is 1. The van der Waals surface area contributed by atoms with Crippen molar-refractivity contribution in [2.45, 2.75) is 45.2 Å². The second kappa shape index (κ2) is 8.60. The van der Waals surface area contributed by atoms with Gasteiger partial charge in [0, 0.05) is 6.04 Å². The Balaban J connectivity index is 1.61. The highest BCUT2D eigenvalue weighted by Gasteiger charge is 2.28. The third-order valence-corrected chi connectivity index (χ3v) is 5.59. The highest BCUT2D eigenvalue weighted by atomic mass is 32.1. The lowest BCUT2D eigenvalue weighted by molar-refractivity contribution is -0.127.